The molecule has 135 heavy (non-hydrogen) atoms. The quantitative estimate of drug-likeness (QED) is 0.0110. The van der Waals surface area contributed by atoms with Crippen LogP contribution in [-0.2, 0) is 42.4 Å². The van der Waals surface area contributed by atoms with Crippen LogP contribution in [0.25, 0.3) is 45.1 Å². The van der Waals surface area contributed by atoms with Gasteiger partial charge in [0.05, 0.1) is 135 Å². The Labute approximate surface area is 777 Å². The van der Waals surface area contributed by atoms with E-state index in [1.807, 2.05) is 73.9 Å². The van der Waals surface area contributed by atoms with Gasteiger partial charge in [-0.3, -0.25) is 73.8 Å². The van der Waals surface area contributed by atoms with E-state index >= 15 is 0 Å². The van der Waals surface area contributed by atoms with Crippen molar-refractivity contribution in [3.05, 3.63) is 334 Å². The molecule has 0 fully saturated rings. The number of esters is 2. The number of rotatable bonds is 29. The first kappa shape index (κ1) is 99.3. The first-order chi connectivity index (χ1) is 65.5. The number of carboxylic acids is 1. The van der Waals surface area contributed by atoms with E-state index in [0.717, 1.165) is 51.0 Å². The van der Waals surface area contributed by atoms with Gasteiger partial charge in [0.1, 0.15) is 95.0 Å². The molecule has 0 atom stereocenters. The Morgan fingerprint density at radius 3 is 1.16 bits per heavy atom. The van der Waals surface area contributed by atoms with Crippen molar-refractivity contribution in [2.75, 3.05) is 60.8 Å². The normalized spacial score (nSPS) is 10.2. The fourth-order valence-corrected chi connectivity index (χ4v) is 11.4. The molecule has 0 saturated heterocycles. The molecule has 0 aliphatic heterocycles. The number of carboxylic acid groups (broad SMARTS) is 1. The van der Waals surface area contributed by atoms with Gasteiger partial charge in [-0.05, 0) is 162 Å². The van der Waals surface area contributed by atoms with Crippen LogP contribution in [0.2, 0.25) is 0 Å². The number of benzene rings is 4. The number of aldehydes is 4. The summed E-state index contributed by atoms with van der Waals surface area (Å²) < 4.78 is 64.4. The van der Waals surface area contributed by atoms with Gasteiger partial charge >= 0.3 is 17.9 Å². The summed E-state index contributed by atoms with van der Waals surface area (Å²) in [6, 6.07) is 44.2. The molecule has 0 saturated carbocycles. The lowest BCUT2D eigenvalue weighted by Crippen LogP contribution is -2.13. The number of halogens is 1. The molecule has 0 aliphatic carbocycles. The number of oxazole rings is 2. The largest absolute Gasteiger partial charge is 0.506 e. The van der Waals surface area contributed by atoms with Crippen LogP contribution in [0.15, 0.2) is 270 Å². The summed E-state index contributed by atoms with van der Waals surface area (Å²) in [4.78, 5) is 136. The second-order valence-electron chi connectivity index (χ2n) is 27.4. The third kappa shape index (κ3) is 30.9. The number of phenolic OH excluding ortho intramolecular Hbond substituents is 2. The number of methoxy groups -OCH3 is 6. The molecule has 1 amide bonds. The molecule has 38 nitrogen and oxygen atoms in total. The Morgan fingerprint density at radius 1 is 0.393 bits per heavy atom. The van der Waals surface area contributed by atoms with Crippen molar-refractivity contribution < 1.29 is 110 Å². The van der Waals surface area contributed by atoms with Crippen molar-refractivity contribution in [3.63, 3.8) is 0 Å². The van der Waals surface area contributed by atoms with E-state index in [-0.39, 0.29) is 63.3 Å². The summed E-state index contributed by atoms with van der Waals surface area (Å²) in [6.45, 7) is 1.95. The smallest absolute Gasteiger partial charge is 0.339 e. The Hall–Kier alpha value is -17.9. The predicted octanol–water partition coefficient (Wildman–Crippen LogP) is 15.0. The van der Waals surface area contributed by atoms with Gasteiger partial charge < -0.3 is 87.9 Å². The summed E-state index contributed by atoms with van der Waals surface area (Å²) in [5.41, 5.74) is 16.7. The number of carbonyl (C=O) groups excluding carboxylic acids is 7. The molecule has 0 spiro atoms. The van der Waals surface area contributed by atoms with Gasteiger partial charge in [-0.2, -0.15) is 0 Å². The number of hydrogen-bond acceptors (Lipinski definition) is 36. The van der Waals surface area contributed by atoms with Crippen molar-refractivity contribution in [3.8, 4) is 80.4 Å². The number of hydrogen-bond donors (Lipinski definition) is 6. The maximum absolute atomic E-state index is 12.3. The molecule has 4 aromatic carbocycles. The zero-order valence-corrected chi connectivity index (χ0v) is 74.5. The average molecular weight is 1900 g/mol. The molecule has 0 bridgehead atoms. The zero-order chi connectivity index (χ0) is 96.4. The molecule has 16 rings (SSSR count). The van der Waals surface area contributed by atoms with E-state index in [2.05, 4.69) is 95.8 Å². The number of nitrogen functional groups attached to an aromatic ring is 1. The van der Waals surface area contributed by atoms with Crippen LogP contribution < -0.4 is 54.3 Å². The first-order valence-corrected chi connectivity index (χ1v) is 40.5. The fourth-order valence-electron chi connectivity index (χ4n) is 11.1. The van der Waals surface area contributed by atoms with Crippen LogP contribution in [0.3, 0.4) is 0 Å². The number of pyridine rings is 10. The second kappa shape index (κ2) is 51.3. The molecule has 12 heterocycles. The highest BCUT2D eigenvalue weighted by Gasteiger charge is 2.17. The number of anilines is 2. The Kier molecular flexibility index (Phi) is 37.8. The monoisotopic (exact) mass is 1890 g/mol. The molecule has 0 unspecified atom stereocenters. The van der Waals surface area contributed by atoms with Crippen LogP contribution in [0.1, 0.15) is 111 Å². The van der Waals surface area contributed by atoms with E-state index in [9.17, 15) is 48.6 Å². The van der Waals surface area contributed by atoms with Gasteiger partial charge in [0.25, 0.3) is 5.91 Å². The summed E-state index contributed by atoms with van der Waals surface area (Å²) in [5.74, 6) is 3.53. The molecular weight excluding hydrogens is 1810 g/mol. The van der Waals surface area contributed by atoms with Gasteiger partial charge in [-0.25, -0.2) is 24.4 Å². The number of ether oxygens (including phenoxy) is 10. The third-order valence-corrected chi connectivity index (χ3v) is 18.4. The highest BCUT2D eigenvalue weighted by atomic mass is 79.9. The van der Waals surface area contributed by atoms with Gasteiger partial charge in [0, 0.05) is 132 Å². The van der Waals surface area contributed by atoms with Gasteiger partial charge in [0.15, 0.2) is 36.3 Å². The number of aromatic nitrogens is 12. The second-order valence-corrected chi connectivity index (χ2v) is 28.3. The van der Waals surface area contributed by atoms with Crippen molar-refractivity contribution in [2.24, 2.45) is 0 Å². The molecule has 688 valence electrons. The van der Waals surface area contributed by atoms with E-state index in [4.69, 9.17) is 57.6 Å². The fraction of sp³-hybridized carbons (Fsp3) is 0.125. The number of aromatic carboxylic acids is 1. The molecule has 0 radical (unpaired) electrons. The van der Waals surface area contributed by atoms with Crippen LogP contribution >= 0.6 is 15.9 Å². The lowest BCUT2D eigenvalue weighted by molar-refractivity contribution is 0.0591. The molecular formula is C96H84BrN15O23. The molecule has 16 aromatic rings. The topological polar surface area (TPSA) is 521 Å². The van der Waals surface area contributed by atoms with Crippen molar-refractivity contribution in [1.82, 2.24) is 65.1 Å². The third-order valence-electron chi connectivity index (χ3n) is 17.9. The number of aromatic hydroxyl groups is 2. The highest BCUT2D eigenvalue weighted by Crippen LogP contribution is 2.33. The number of fused-ring (bicyclic) bond motifs is 2. The van der Waals surface area contributed by atoms with Crippen molar-refractivity contribution >= 4 is 98.5 Å². The maximum Gasteiger partial charge on any atom is 0.339 e. The number of amides is 1. The van der Waals surface area contributed by atoms with E-state index in [0.29, 0.717) is 141 Å². The van der Waals surface area contributed by atoms with E-state index in [1.165, 1.54) is 100 Å². The Bertz CT molecular complexity index is 6680. The van der Waals surface area contributed by atoms with Gasteiger partial charge in [0.2, 0.25) is 11.8 Å². The summed E-state index contributed by atoms with van der Waals surface area (Å²) in [5, 5.41) is 33.4. The first-order valence-electron chi connectivity index (χ1n) is 39.7. The number of phenols is 2. The Balaban J connectivity index is 0.000000168. The molecule has 7 N–H and O–H groups in total. The summed E-state index contributed by atoms with van der Waals surface area (Å²) in [7, 11) is 10.9. The molecule has 12 aromatic heterocycles. The Morgan fingerprint density at radius 2 is 0.756 bits per heavy atom. The number of nitrogens with zero attached hydrogens (tertiary/aromatic N) is 12. The van der Waals surface area contributed by atoms with E-state index < -0.39 is 17.8 Å². The standard InChI is InChI=1S/C21H20N4O3.C20H17N3O5.C20H15N3O4.C13H14N2O3.C8H7NO3.C7H6BrNO2.C7H5NO3/c1-22-9-14-7-15(11-23-10-14)21-25-19-8-17(5-6-20(19)28-21)27-13-16-3-4-18(26-2)12-24-16;1-27-17-3-2-15(22-10-17)12-28-16-4-5-19(25)18(7-16)23-20(26)14-6-13(11-24)8-21-9-14;1-25-17-3-2-15(22-10-17)12-26-16-4-5-19-18(7-16)23-20(27-19)14-6-13(11-24)8-21-9-14;1-17-11-3-2-9(15-7-11)8-18-10-4-5-13(16)12(14)6-10;1-12-8(11)7-2-6(5-10)3-9-4-7;1-11-7(10)5-2-6(8)4-9-3-5;9-4-5-1-6(7(10)11)3-8-2-5/h3-8,10-12,22H,9,13H2,1-2H3;2-11,25H,12H2,1H3,(H,23,26);2-11H,12H2,1H3;2-7,16H,8,14H2,1H3;2-5H,1H3;2-4H,1H3;1-4H,(H,10,11). The lowest BCUT2D eigenvalue weighted by atomic mass is 10.2. The zero-order valence-electron chi connectivity index (χ0n) is 72.9. The minimum Gasteiger partial charge on any atom is -0.506 e. The molecule has 39 heteroatoms. The van der Waals surface area contributed by atoms with Crippen LogP contribution in [0, 0.1) is 0 Å². The number of nitrogens with two attached hydrogens (primary N) is 1. The SMILES string of the molecule is CNCc1cncc(-c2nc3cc(OCc4ccc(OC)cn4)ccc3o2)c1.COC(=O)c1cncc(Br)c1.COC(=O)c1cncc(C=O)c1.COc1ccc(COc2ccc(O)c(N)c2)nc1.COc1ccc(COc2ccc(O)c(NC(=O)c3cncc(C=O)c3)c2)nc1.COc1ccc(COc2ccc3oc(-c4cncc(C=O)c4)nc3c2)nc1.O=Cc1cncc(C(=O)O)c1. The summed E-state index contributed by atoms with van der Waals surface area (Å²) in [6.07, 6.45) is 26.7. The highest BCUT2D eigenvalue weighted by molar-refractivity contribution is 9.10. The van der Waals surface area contributed by atoms with Crippen LogP contribution in [-0.4, -0.2) is 174 Å². The van der Waals surface area contributed by atoms with Gasteiger partial charge in [-0.1, -0.05) is 0 Å². The molecule has 0 aliphatic rings. The number of carbonyl (C=O) groups is 8. The minimum atomic E-state index is -1.08. The average Bonchev–Trinajstić information content (AvgIpc) is 1.77. The van der Waals surface area contributed by atoms with Crippen LogP contribution in [0.5, 0.6) is 57.5 Å². The van der Waals surface area contributed by atoms with Crippen molar-refractivity contribution in [2.45, 2.75) is 33.0 Å². The van der Waals surface area contributed by atoms with Gasteiger partial charge in [-0.15, -0.1) is 0 Å². The lowest BCUT2D eigenvalue weighted by Gasteiger charge is -2.11. The minimum absolute atomic E-state index is 0.0228. The van der Waals surface area contributed by atoms with E-state index in [1.54, 1.807) is 132 Å². The number of nitrogens with one attached hydrogen (secondary N) is 2. The maximum atomic E-state index is 12.3. The summed E-state index contributed by atoms with van der Waals surface area (Å²) >= 11 is 3.19. The van der Waals surface area contributed by atoms with Crippen molar-refractivity contribution in [1.29, 1.82) is 0 Å². The van der Waals surface area contributed by atoms with Crippen LogP contribution in [0.4, 0.5) is 11.4 Å². The predicted molar refractivity (Wildman–Crippen MR) is 492 cm³/mol.